The number of pyridine rings is 1. The maximum Gasteiger partial charge on any atom is 0.573 e. The van der Waals surface area contributed by atoms with Crippen molar-refractivity contribution < 1.29 is 23.0 Å². The Bertz CT molecular complexity index is 1030. The molecule has 1 aromatic carbocycles. The largest absolute Gasteiger partial charge is 0.573 e. The summed E-state index contributed by atoms with van der Waals surface area (Å²) in [6.45, 7) is 4.31. The highest BCUT2D eigenvalue weighted by Gasteiger charge is 2.31. The van der Waals surface area contributed by atoms with Crippen LogP contribution >= 0.6 is 0 Å². The second-order valence-corrected chi connectivity index (χ2v) is 7.71. The normalized spacial score (nSPS) is 12.5. The first-order valence-corrected chi connectivity index (χ1v) is 10.5. The minimum absolute atomic E-state index is 0.103. The third-order valence-corrected chi connectivity index (χ3v) is 4.82. The van der Waals surface area contributed by atoms with Crippen LogP contribution in [-0.2, 0) is 6.42 Å². The predicted molar refractivity (Wildman–Crippen MR) is 120 cm³/mol. The number of halogens is 3. The van der Waals surface area contributed by atoms with Gasteiger partial charge in [0.1, 0.15) is 11.6 Å². The first-order valence-electron chi connectivity index (χ1n) is 10.5. The van der Waals surface area contributed by atoms with Gasteiger partial charge >= 0.3 is 6.36 Å². The zero-order chi connectivity index (χ0) is 23.8. The molecule has 0 saturated heterocycles. The van der Waals surface area contributed by atoms with Crippen LogP contribution in [0.2, 0.25) is 0 Å². The fourth-order valence-corrected chi connectivity index (χ4v) is 3.06. The van der Waals surface area contributed by atoms with E-state index in [1.807, 2.05) is 32.0 Å². The van der Waals surface area contributed by atoms with Gasteiger partial charge in [-0.3, -0.25) is 4.98 Å². The number of alkyl halides is 3. The number of ether oxygens (including phenoxy) is 1. The highest BCUT2D eigenvalue weighted by atomic mass is 19.4. The van der Waals surface area contributed by atoms with E-state index in [9.17, 15) is 18.3 Å². The minimum atomic E-state index is -4.79. The van der Waals surface area contributed by atoms with Crippen LogP contribution < -0.4 is 15.4 Å². The van der Waals surface area contributed by atoms with E-state index in [1.165, 1.54) is 18.2 Å². The van der Waals surface area contributed by atoms with E-state index in [4.69, 9.17) is 0 Å². The summed E-state index contributed by atoms with van der Waals surface area (Å²) >= 11 is 0. The molecule has 0 aliphatic rings. The van der Waals surface area contributed by atoms with Crippen LogP contribution in [0.4, 0.5) is 24.9 Å². The molecule has 3 N–H and O–H groups in total. The van der Waals surface area contributed by atoms with Crippen LogP contribution in [-0.4, -0.2) is 45.6 Å². The van der Waals surface area contributed by atoms with Gasteiger partial charge in [-0.1, -0.05) is 32.0 Å². The van der Waals surface area contributed by atoms with Gasteiger partial charge in [0.25, 0.3) is 0 Å². The number of nitrogens with zero attached hydrogens (tertiary/aromatic N) is 3. The molecule has 0 bridgehead atoms. The molecule has 0 unspecified atom stereocenters. The molecule has 7 nitrogen and oxygen atoms in total. The molecular formula is C23H26F3N5O2. The van der Waals surface area contributed by atoms with Crippen LogP contribution in [0, 0.1) is 5.92 Å². The van der Waals surface area contributed by atoms with Crippen LogP contribution in [0.15, 0.2) is 54.7 Å². The topological polar surface area (TPSA) is 92.2 Å². The Morgan fingerprint density at radius 2 is 1.88 bits per heavy atom. The van der Waals surface area contributed by atoms with Crippen molar-refractivity contribution in [3.63, 3.8) is 0 Å². The lowest BCUT2D eigenvalue weighted by molar-refractivity contribution is -0.274. The van der Waals surface area contributed by atoms with Crippen molar-refractivity contribution >= 4 is 11.8 Å². The van der Waals surface area contributed by atoms with Gasteiger partial charge in [-0.2, -0.15) is 4.98 Å². The Labute approximate surface area is 190 Å². The van der Waals surface area contributed by atoms with Gasteiger partial charge in [0.15, 0.2) is 0 Å². The molecule has 0 fully saturated rings. The number of hydrogen-bond donors (Lipinski definition) is 3. The number of nitrogens with one attached hydrogen (secondary N) is 2. The molecule has 0 saturated carbocycles. The smallest absolute Gasteiger partial charge is 0.406 e. The van der Waals surface area contributed by atoms with Crippen molar-refractivity contribution in [3.8, 4) is 17.0 Å². The van der Waals surface area contributed by atoms with E-state index >= 15 is 0 Å². The lowest BCUT2D eigenvalue weighted by Crippen LogP contribution is -2.30. The van der Waals surface area contributed by atoms with Crippen molar-refractivity contribution in [3.05, 3.63) is 60.4 Å². The molecule has 1 atom stereocenters. The number of hydrogen-bond acceptors (Lipinski definition) is 7. The van der Waals surface area contributed by atoms with E-state index in [1.54, 1.807) is 18.3 Å². The number of benzene rings is 1. The average Bonchev–Trinajstić information content (AvgIpc) is 2.77. The van der Waals surface area contributed by atoms with Crippen molar-refractivity contribution in [2.24, 2.45) is 5.92 Å². The zero-order valence-electron chi connectivity index (χ0n) is 18.3. The molecule has 0 amide bonds. The number of aliphatic hydroxyl groups excluding tert-OH is 1. The average molecular weight is 461 g/mol. The van der Waals surface area contributed by atoms with Crippen molar-refractivity contribution in [2.45, 2.75) is 32.7 Å². The van der Waals surface area contributed by atoms with Crippen LogP contribution in [0.1, 0.15) is 19.5 Å². The maximum absolute atomic E-state index is 12.6. The van der Waals surface area contributed by atoms with Crippen molar-refractivity contribution in [1.82, 2.24) is 15.0 Å². The lowest BCUT2D eigenvalue weighted by Gasteiger charge is -2.21. The monoisotopic (exact) mass is 461 g/mol. The molecule has 3 aromatic rings. The fraction of sp³-hybridized carbons (Fsp3) is 0.348. The molecule has 33 heavy (non-hydrogen) atoms. The van der Waals surface area contributed by atoms with Crippen LogP contribution in [0.25, 0.3) is 11.3 Å². The Kier molecular flexibility index (Phi) is 8.05. The highest BCUT2D eigenvalue weighted by molar-refractivity contribution is 5.66. The molecule has 0 aliphatic carbocycles. The predicted octanol–water partition coefficient (Wildman–Crippen LogP) is 4.52. The third kappa shape index (κ3) is 7.60. The number of aliphatic hydroxyl groups is 1. The van der Waals surface area contributed by atoms with Gasteiger partial charge in [-0.15, -0.1) is 13.2 Å². The maximum atomic E-state index is 12.6. The molecule has 3 rings (SSSR count). The molecular weight excluding hydrogens is 435 g/mol. The van der Waals surface area contributed by atoms with Gasteiger partial charge in [0.05, 0.1) is 18.3 Å². The highest BCUT2D eigenvalue weighted by Crippen LogP contribution is 2.29. The summed E-state index contributed by atoms with van der Waals surface area (Å²) in [7, 11) is 0. The van der Waals surface area contributed by atoms with Gasteiger partial charge in [0.2, 0.25) is 5.95 Å². The summed E-state index contributed by atoms with van der Waals surface area (Å²) in [5, 5.41) is 16.0. The van der Waals surface area contributed by atoms with E-state index < -0.39 is 6.36 Å². The Morgan fingerprint density at radius 3 is 2.55 bits per heavy atom. The second-order valence-electron chi connectivity index (χ2n) is 7.71. The first kappa shape index (κ1) is 24.2. The van der Waals surface area contributed by atoms with E-state index in [-0.39, 0.29) is 30.3 Å². The van der Waals surface area contributed by atoms with Gasteiger partial charge in [0, 0.05) is 36.5 Å². The lowest BCUT2D eigenvalue weighted by atomic mass is 10.1. The van der Waals surface area contributed by atoms with E-state index in [2.05, 4.69) is 30.3 Å². The van der Waals surface area contributed by atoms with E-state index in [0.717, 1.165) is 5.69 Å². The zero-order valence-corrected chi connectivity index (χ0v) is 18.3. The number of rotatable bonds is 10. The third-order valence-electron chi connectivity index (χ3n) is 4.82. The fourth-order valence-electron chi connectivity index (χ4n) is 3.06. The number of aromatic nitrogens is 3. The molecule has 0 aliphatic heterocycles. The van der Waals surface area contributed by atoms with Crippen molar-refractivity contribution in [2.75, 3.05) is 23.8 Å². The molecule has 0 spiro atoms. The Morgan fingerprint density at radius 1 is 1.06 bits per heavy atom. The summed E-state index contributed by atoms with van der Waals surface area (Å²) in [5.41, 5.74) is 1.75. The number of anilines is 2. The summed E-state index contributed by atoms with van der Waals surface area (Å²) < 4.78 is 42.0. The van der Waals surface area contributed by atoms with Gasteiger partial charge < -0.3 is 20.5 Å². The summed E-state index contributed by atoms with van der Waals surface area (Å²) in [6, 6.07) is 12.6. The quantitative estimate of drug-likeness (QED) is 0.409. The molecule has 176 valence electrons. The van der Waals surface area contributed by atoms with E-state index in [0.29, 0.717) is 30.0 Å². The summed E-state index contributed by atoms with van der Waals surface area (Å²) in [6.07, 6.45) is -2.42. The Hall–Kier alpha value is -3.40. The second kappa shape index (κ2) is 11.0. The first-order chi connectivity index (χ1) is 15.7. The Balaban J connectivity index is 1.87. The standard InChI is InChI=1S/C23H26F3N5O2/c1-15(2)20(14-32)30-22-29-19(16-6-5-8-18(12-16)33-23(24,25)26)13-21(31-22)28-11-9-17-7-3-4-10-27-17/h3-8,10,12-13,15,20,32H,9,11,14H2,1-2H3,(H2,28,29,30,31)/t20-/m1/s1. The SMILES string of the molecule is CC(C)[C@@H](CO)Nc1nc(NCCc2ccccn2)cc(-c2cccc(OC(F)(F)F)c2)n1. The minimum Gasteiger partial charge on any atom is -0.406 e. The van der Waals surface area contributed by atoms with Gasteiger partial charge in [-0.05, 0) is 30.2 Å². The van der Waals surface area contributed by atoms with Crippen LogP contribution in [0.5, 0.6) is 5.75 Å². The van der Waals surface area contributed by atoms with Gasteiger partial charge in [-0.25, -0.2) is 4.98 Å². The van der Waals surface area contributed by atoms with Crippen LogP contribution in [0.3, 0.4) is 0 Å². The molecule has 0 radical (unpaired) electrons. The molecule has 2 aromatic heterocycles. The molecule has 2 heterocycles. The molecule has 10 heteroatoms. The van der Waals surface area contributed by atoms with Crippen molar-refractivity contribution in [1.29, 1.82) is 0 Å². The summed E-state index contributed by atoms with van der Waals surface area (Å²) in [5.74, 6) is 0.503. The summed E-state index contributed by atoms with van der Waals surface area (Å²) in [4.78, 5) is 13.2.